The molecule has 0 amide bonds. The maximum absolute atomic E-state index is 9.37. The summed E-state index contributed by atoms with van der Waals surface area (Å²) in [6.45, 7) is 4.20. The standard InChI is InChI=1S/C17H20N4/c1-12-7-6-10-16(13(12)2)21-17(15(11-18)19-20-21)14-8-4-3-5-9-14/h6-7,10,14H,3-5,8-9H2,1-2H3. The molecule has 0 saturated heterocycles. The van der Waals surface area contributed by atoms with Crippen molar-refractivity contribution in [1.29, 1.82) is 5.26 Å². The van der Waals surface area contributed by atoms with Crippen LogP contribution in [0.3, 0.4) is 0 Å². The Morgan fingerprint density at radius 3 is 2.67 bits per heavy atom. The topological polar surface area (TPSA) is 54.5 Å². The number of rotatable bonds is 2. The number of aromatic nitrogens is 3. The van der Waals surface area contributed by atoms with Gasteiger partial charge in [-0.3, -0.25) is 0 Å². The third kappa shape index (κ3) is 2.44. The van der Waals surface area contributed by atoms with Gasteiger partial charge in [0.05, 0.1) is 11.4 Å². The van der Waals surface area contributed by atoms with Gasteiger partial charge in [-0.25, -0.2) is 4.68 Å². The van der Waals surface area contributed by atoms with Gasteiger partial charge in [0.15, 0.2) is 5.69 Å². The number of hydrogen-bond donors (Lipinski definition) is 0. The van der Waals surface area contributed by atoms with Gasteiger partial charge in [0.1, 0.15) is 6.07 Å². The smallest absolute Gasteiger partial charge is 0.186 e. The van der Waals surface area contributed by atoms with E-state index in [1.807, 2.05) is 10.7 Å². The van der Waals surface area contributed by atoms with Crippen LogP contribution < -0.4 is 0 Å². The van der Waals surface area contributed by atoms with Crippen LogP contribution >= 0.6 is 0 Å². The van der Waals surface area contributed by atoms with E-state index in [-0.39, 0.29) is 0 Å². The number of nitrogens with zero attached hydrogens (tertiary/aromatic N) is 4. The molecule has 1 aliphatic carbocycles. The molecule has 21 heavy (non-hydrogen) atoms. The maximum atomic E-state index is 9.37. The predicted molar refractivity (Wildman–Crippen MR) is 81.4 cm³/mol. The fourth-order valence-corrected chi connectivity index (χ4v) is 3.25. The van der Waals surface area contributed by atoms with Crippen molar-refractivity contribution in [3.05, 3.63) is 40.7 Å². The lowest BCUT2D eigenvalue weighted by atomic mass is 9.86. The first-order chi connectivity index (χ1) is 10.2. The molecular weight excluding hydrogens is 260 g/mol. The van der Waals surface area contributed by atoms with E-state index in [4.69, 9.17) is 0 Å². The summed E-state index contributed by atoms with van der Waals surface area (Å²) >= 11 is 0. The molecule has 1 aromatic carbocycles. The molecule has 1 aliphatic rings. The molecule has 0 spiro atoms. The first-order valence-corrected chi connectivity index (χ1v) is 7.64. The zero-order chi connectivity index (χ0) is 14.8. The van der Waals surface area contributed by atoms with Gasteiger partial charge in [0.25, 0.3) is 0 Å². The number of hydrogen-bond acceptors (Lipinski definition) is 3. The Morgan fingerprint density at radius 2 is 1.95 bits per heavy atom. The molecule has 0 aliphatic heterocycles. The molecule has 0 bridgehead atoms. The highest BCUT2D eigenvalue weighted by Crippen LogP contribution is 2.35. The molecule has 0 radical (unpaired) electrons. The molecule has 1 heterocycles. The van der Waals surface area contributed by atoms with Gasteiger partial charge in [0, 0.05) is 5.92 Å². The Labute approximate surface area is 125 Å². The molecule has 1 saturated carbocycles. The average Bonchev–Trinajstić information content (AvgIpc) is 2.94. The Morgan fingerprint density at radius 1 is 1.19 bits per heavy atom. The second kappa shape index (κ2) is 5.69. The molecule has 108 valence electrons. The summed E-state index contributed by atoms with van der Waals surface area (Å²) < 4.78 is 1.90. The van der Waals surface area contributed by atoms with Crippen molar-refractivity contribution >= 4 is 0 Å². The molecule has 0 unspecified atom stereocenters. The largest absolute Gasteiger partial charge is 0.216 e. The summed E-state index contributed by atoms with van der Waals surface area (Å²) in [5.74, 6) is 0.406. The van der Waals surface area contributed by atoms with Crippen LogP contribution in [0.4, 0.5) is 0 Å². The zero-order valence-corrected chi connectivity index (χ0v) is 12.6. The number of nitriles is 1. The van der Waals surface area contributed by atoms with E-state index in [0.29, 0.717) is 11.6 Å². The monoisotopic (exact) mass is 280 g/mol. The van der Waals surface area contributed by atoms with Crippen LogP contribution in [0.1, 0.15) is 60.5 Å². The molecule has 4 nitrogen and oxygen atoms in total. The van der Waals surface area contributed by atoms with Gasteiger partial charge in [-0.15, -0.1) is 5.10 Å². The Bertz CT molecular complexity index is 687. The van der Waals surface area contributed by atoms with Crippen LogP contribution in [-0.2, 0) is 0 Å². The van der Waals surface area contributed by atoms with E-state index in [0.717, 1.165) is 24.2 Å². The maximum Gasteiger partial charge on any atom is 0.186 e. The predicted octanol–water partition coefficient (Wildman–Crippen LogP) is 3.80. The quantitative estimate of drug-likeness (QED) is 0.840. The molecule has 3 rings (SSSR count). The molecule has 4 heteroatoms. The van der Waals surface area contributed by atoms with Gasteiger partial charge in [-0.2, -0.15) is 5.26 Å². The van der Waals surface area contributed by atoms with Gasteiger partial charge in [-0.05, 0) is 43.9 Å². The summed E-state index contributed by atoms with van der Waals surface area (Å²) in [4.78, 5) is 0. The Kier molecular flexibility index (Phi) is 3.74. The minimum atomic E-state index is 0.406. The van der Waals surface area contributed by atoms with Crippen LogP contribution in [0.15, 0.2) is 18.2 Å². The minimum absolute atomic E-state index is 0.406. The van der Waals surface area contributed by atoms with Crippen LogP contribution in [0.25, 0.3) is 5.69 Å². The lowest BCUT2D eigenvalue weighted by Crippen LogP contribution is -2.13. The van der Waals surface area contributed by atoms with Crippen molar-refractivity contribution in [3.63, 3.8) is 0 Å². The fraction of sp³-hybridized carbons (Fsp3) is 0.471. The van der Waals surface area contributed by atoms with Crippen molar-refractivity contribution in [2.45, 2.75) is 51.9 Å². The van der Waals surface area contributed by atoms with Gasteiger partial charge in [-0.1, -0.05) is 36.6 Å². The highest BCUT2D eigenvalue weighted by Gasteiger charge is 2.25. The summed E-state index contributed by atoms with van der Waals surface area (Å²) in [5.41, 5.74) is 4.97. The lowest BCUT2D eigenvalue weighted by Gasteiger charge is -2.22. The number of aryl methyl sites for hydroxylation is 1. The van der Waals surface area contributed by atoms with Crippen molar-refractivity contribution < 1.29 is 0 Å². The first-order valence-electron chi connectivity index (χ1n) is 7.64. The second-order valence-corrected chi connectivity index (χ2v) is 5.90. The zero-order valence-electron chi connectivity index (χ0n) is 12.6. The summed E-state index contributed by atoms with van der Waals surface area (Å²) in [6, 6.07) is 8.42. The SMILES string of the molecule is Cc1cccc(-n2nnc(C#N)c2C2CCCCC2)c1C. The molecule has 2 aromatic rings. The van der Waals surface area contributed by atoms with E-state index in [1.54, 1.807) is 0 Å². The van der Waals surface area contributed by atoms with Gasteiger partial charge < -0.3 is 0 Å². The van der Waals surface area contributed by atoms with Crippen molar-refractivity contribution in [1.82, 2.24) is 15.0 Å². The van der Waals surface area contributed by atoms with Gasteiger partial charge in [0.2, 0.25) is 0 Å². The molecular formula is C17H20N4. The minimum Gasteiger partial charge on any atom is -0.216 e. The van der Waals surface area contributed by atoms with Crippen molar-refractivity contribution in [3.8, 4) is 11.8 Å². The van der Waals surface area contributed by atoms with E-state index in [1.165, 1.54) is 30.4 Å². The van der Waals surface area contributed by atoms with Crippen LogP contribution in [0.5, 0.6) is 0 Å². The van der Waals surface area contributed by atoms with Crippen molar-refractivity contribution in [2.24, 2.45) is 0 Å². The highest BCUT2D eigenvalue weighted by molar-refractivity contribution is 5.46. The highest BCUT2D eigenvalue weighted by atomic mass is 15.4. The van der Waals surface area contributed by atoms with Crippen LogP contribution in [0, 0.1) is 25.2 Å². The van der Waals surface area contributed by atoms with E-state index >= 15 is 0 Å². The summed E-state index contributed by atoms with van der Waals surface area (Å²) in [5, 5.41) is 17.8. The third-order valence-electron chi connectivity index (χ3n) is 4.61. The fourth-order valence-electron chi connectivity index (χ4n) is 3.25. The van der Waals surface area contributed by atoms with Crippen LogP contribution in [0.2, 0.25) is 0 Å². The summed E-state index contributed by atoms with van der Waals surface area (Å²) in [6.07, 6.45) is 6.02. The Balaban J connectivity index is 2.13. The number of benzene rings is 1. The summed E-state index contributed by atoms with van der Waals surface area (Å²) in [7, 11) is 0. The third-order valence-corrected chi connectivity index (χ3v) is 4.61. The molecule has 1 aromatic heterocycles. The van der Waals surface area contributed by atoms with Gasteiger partial charge >= 0.3 is 0 Å². The lowest BCUT2D eigenvalue weighted by molar-refractivity contribution is 0.429. The Hall–Kier alpha value is -2.15. The molecule has 0 atom stereocenters. The normalized spacial score (nSPS) is 15.9. The second-order valence-electron chi connectivity index (χ2n) is 5.90. The van der Waals surface area contributed by atoms with E-state index < -0.39 is 0 Å². The van der Waals surface area contributed by atoms with Crippen LogP contribution in [-0.4, -0.2) is 15.0 Å². The molecule has 0 N–H and O–H groups in total. The first kappa shape index (κ1) is 13.8. The molecule has 1 fully saturated rings. The van der Waals surface area contributed by atoms with E-state index in [2.05, 4.69) is 42.4 Å². The van der Waals surface area contributed by atoms with Crippen molar-refractivity contribution in [2.75, 3.05) is 0 Å². The van der Waals surface area contributed by atoms with E-state index in [9.17, 15) is 5.26 Å². The average molecular weight is 280 g/mol.